The minimum absolute atomic E-state index is 0.122. The van der Waals surface area contributed by atoms with Crippen molar-refractivity contribution >= 4 is 17.4 Å². The minimum Gasteiger partial charge on any atom is -0.322 e. The third kappa shape index (κ3) is 3.31. The van der Waals surface area contributed by atoms with Crippen molar-refractivity contribution in [3.63, 3.8) is 0 Å². The van der Waals surface area contributed by atoms with E-state index in [9.17, 15) is 4.79 Å². The van der Waals surface area contributed by atoms with Gasteiger partial charge in [0, 0.05) is 34.9 Å². The molecular formula is C22H20N4O. The zero-order valence-corrected chi connectivity index (χ0v) is 15.3. The van der Waals surface area contributed by atoms with Gasteiger partial charge in [0.2, 0.25) is 5.78 Å². The highest BCUT2D eigenvalue weighted by Gasteiger charge is 2.12. The number of carbonyl (C=O) groups is 1. The maximum atomic E-state index is 12.5. The smallest absolute Gasteiger partial charge is 0.255 e. The van der Waals surface area contributed by atoms with E-state index in [0.717, 1.165) is 29.1 Å². The molecule has 1 amide bonds. The fourth-order valence-corrected chi connectivity index (χ4v) is 3.12. The summed E-state index contributed by atoms with van der Waals surface area (Å²) < 4.78 is 1.95. The van der Waals surface area contributed by atoms with Crippen LogP contribution < -0.4 is 5.32 Å². The van der Waals surface area contributed by atoms with Crippen molar-refractivity contribution in [3.8, 4) is 11.3 Å². The summed E-state index contributed by atoms with van der Waals surface area (Å²) in [7, 11) is 0. The Morgan fingerprint density at radius 2 is 1.93 bits per heavy atom. The van der Waals surface area contributed by atoms with E-state index in [1.165, 1.54) is 5.56 Å². The highest BCUT2D eigenvalue weighted by Crippen LogP contribution is 2.25. The summed E-state index contributed by atoms with van der Waals surface area (Å²) in [6.07, 6.45) is 4.63. The van der Waals surface area contributed by atoms with Crippen LogP contribution in [0.25, 0.3) is 17.0 Å². The van der Waals surface area contributed by atoms with E-state index in [0.29, 0.717) is 11.3 Å². The van der Waals surface area contributed by atoms with Crippen LogP contribution in [0.3, 0.4) is 0 Å². The Morgan fingerprint density at radius 1 is 1.11 bits per heavy atom. The van der Waals surface area contributed by atoms with Crippen LogP contribution in [0.2, 0.25) is 0 Å². The van der Waals surface area contributed by atoms with Gasteiger partial charge in [-0.2, -0.15) is 0 Å². The summed E-state index contributed by atoms with van der Waals surface area (Å²) >= 11 is 0. The van der Waals surface area contributed by atoms with Gasteiger partial charge in [-0.05, 0) is 49.2 Å². The molecule has 4 rings (SSSR count). The topological polar surface area (TPSA) is 59.3 Å². The monoisotopic (exact) mass is 356 g/mol. The van der Waals surface area contributed by atoms with Crippen LogP contribution in [0.1, 0.15) is 28.5 Å². The van der Waals surface area contributed by atoms with Gasteiger partial charge in [-0.3, -0.25) is 9.20 Å². The number of imidazole rings is 1. The van der Waals surface area contributed by atoms with Crippen LogP contribution in [0.4, 0.5) is 5.69 Å². The summed E-state index contributed by atoms with van der Waals surface area (Å²) in [4.78, 5) is 21.4. The Kier molecular flexibility index (Phi) is 4.42. The quantitative estimate of drug-likeness (QED) is 0.585. The summed E-state index contributed by atoms with van der Waals surface area (Å²) in [6, 6.07) is 17.3. The number of amides is 1. The zero-order chi connectivity index (χ0) is 18.8. The van der Waals surface area contributed by atoms with E-state index >= 15 is 0 Å². The van der Waals surface area contributed by atoms with Crippen LogP contribution in [-0.2, 0) is 6.42 Å². The Bertz CT molecular complexity index is 1110. The second kappa shape index (κ2) is 7.03. The summed E-state index contributed by atoms with van der Waals surface area (Å²) in [5.74, 6) is 0.540. The molecule has 5 nitrogen and oxygen atoms in total. The Hall–Kier alpha value is -3.47. The SMILES string of the molecule is CCc1ccc(C(=O)Nc2cccc(-c3nc4ncccn4c3C)c2)cc1. The van der Waals surface area contributed by atoms with Crippen molar-refractivity contribution in [2.75, 3.05) is 5.32 Å². The molecule has 0 bridgehead atoms. The van der Waals surface area contributed by atoms with Crippen molar-refractivity contribution in [1.82, 2.24) is 14.4 Å². The molecule has 5 heteroatoms. The number of nitrogens with zero attached hydrogens (tertiary/aromatic N) is 3. The minimum atomic E-state index is -0.122. The molecule has 0 aliphatic rings. The highest BCUT2D eigenvalue weighted by atomic mass is 16.1. The van der Waals surface area contributed by atoms with Gasteiger partial charge in [-0.1, -0.05) is 31.2 Å². The van der Waals surface area contributed by atoms with Gasteiger partial charge in [-0.25, -0.2) is 9.97 Å². The molecule has 27 heavy (non-hydrogen) atoms. The molecule has 2 aromatic carbocycles. The molecule has 0 fully saturated rings. The number of hydrogen-bond acceptors (Lipinski definition) is 3. The first-order valence-electron chi connectivity index (χ1n) is 8.96. The van der Waals surface area contributed by atoms with Gasteiger partial charge in [-0.15, -0.1) is 0 Å². The zero-order valence-electron chi connectivity index (χ0n) is 15.3. The molecule has 0 spiro atoms. The maximum Gasteiger partial charge on any atom is 0.255 e. The van der Waals surface area contributed by atoms with Crippen molar-refractivity contribution in [1.29, 1.82) is 0 Å². The van der Waals surface area contributed by atoms with Crippen LogP contribution in [0.15, 0.2) is 67.0 Å². The molecule has 0 saturated carbocycles. The van der Waals surface area contributed by atoms with Gasteiger partial charge in [0.15, 0.2) is 0 Å². The lowest BCUT2D eigenvalue weighted by Gasteiger charge is -2.08. The molecule has 2 heterocycles. The Balaban J connectivity index is 1.62. The second-order valence-electron chi connectivity index (χ2n) is 6.42. The molecule has 0 saturated heterocycles. The molecule has 0 radical (unpaired) electrons. The van der Waals surface area contributed by atoms with E-state index in [1.54, 1.807) is 6.20 Å². The summed E-state index contributed by atoms with van der Waals surface area (Å²) in [5.41, 5.74) is 5.41. The molecule has 0 atom stereocenters. The Labute approximate surface area is 157 Å². The van der Waals surface area contributed by atoms with Crippen LogP contribution in [0.5, 0.6) is 0 Å². The largest absolute Gasteiger partial charge is 0.322 e. The summed E-state index contributed by atoms with van der Waals surface area (Å²) in [6.45, 7) is 4.11. The van der Waals surface area contributed by atoms with Gasteiger partial charge in [0.05, 0.1) is 5.69 Å². The first-order valence-corrected chi connectivity index (χ1v) is 8.96. The second-order valence-corrected chi connectivity index (χ2v) is 6.42. The summed E-state index contributed by atoms with van der Waals surface area (Å²) in [5, 5.41) is 2.97. The number of aromatic nitrogens is 3. The molecule has 4 aromatic rings. The van der Waals surface area contributed by atoms with Crippen LogP contribution in [0, 0.1) is 6.92 Å². The number of rotatable bonds is 4. The molecule has 0 aliphatic heterocycles. The predicted octanol–water partition coefficient (Wildman–Crippen LogP) is 4.52. The highest BCUT2D eigenvalue weighted by molar-refractivity contribution is 6.04. The van der Waals surface area contributed by atoms with Crippen molar-refractivity contribution < 1.29 is 4.79 Å². The molecule has 134 valence electrons. The first-order chi connectivity index (χ1) is 13.2. The molecule has 0 unspecified atom stereocenters. The molecular weight excluding hydrogens is 336 g/mol. The predicted molar refractivity (Wildman–Crippen MR) is 107 cm³/mol. The van der Waals surface area contributed by atoms with Crippen molar-refractivity contribution in [3.05, 3.63) is 83.8 Å². The fraction of sp³-hybridized carbons (Fsp3) is 0.136. The number of hydrogen-bond donors (Lipinski definition) is 1. The van der Waals surface area contributed by atoms with E-state index in [1.807, 2.05) is 72.1 Å². The normalized spacial score (nSPS) is 10.9. The fourth-order valence-electron chi connectivity index (χ4n) is 3.12. The standard InChI is InChI=1S/C22H20N4O/c1-3-16-8-10-17(11-9-16)21(27)24-19-7-4-6-18(14-19)20-15(2)26-13-5-12-23-22(26)25-20/h4-14H,3H2,1-2H3,(H,24,27). The molecule has 1 N–H and O–H groups in total. The average molecular weight is 356 g/mol. The lowest BCUT2D eigenvalue weighted by Crippen LogP contribution is -2.11. The van der Waals surface area contributed by atoms with E-state index in [-0.39, 0.29) is 5.91 Å². The first kappa shape index (κ1) is 17.0. The number of benzene rings is 2. The lowest BCUT2D eigenvalue weighted by atomic mass is 10.1. The van der Waals surface area contributed by atoms with Gasteiger partial charge in [0.25, 0.3) is 5.91 Å². The van der Waals surface area contributed by atoms with Crippen LogP contribution >= 0.6 is 0 Å². The van der Waals surface area contributed by atoms with Gasteiger partial charge >= 0.3 is 0 Å². The lowest BCUT2D eigenvalue weighted by molar-refractivity contribution is 0.102. The van der Waals surface area contributed by atoms with Crippen molar-refractivity contribution in [2.24, 2.45) is 0 Å². The van der Waals surface area contributed by atoms with Crippen LogP contribution in [-0.4, -0.2) is 20.3 Å². The van der Waals surface area contributed by atoms with Gasteiger partial charge in [0.1, 0.15) is 0 Å². The van der Waals surface area contributed by atoms with Gasteiger partial charge < -0.3 is 5.32 Å². The Morgan fingerprint density at radius 3 is 2.67 bits per heavy atom. The number of carbonyl (C=O) groups excluding carboxylic acids is 1. The van der Waals surface area contributed by atoms with E-state index < -0.39 is 0 Å². The van der Waals surface area contributed by atoms with E-state index in [2.05, 4.69) is 22.2 Å². The maximum absolute atomic E-state index is 12.5. The number of anilines is 1. The number of nitrogens with one attached hydrogen (secondary N) is 1. The third-order valence-corrected chi connectivity index (χ3v) is 4.66. The molecule has 0 aliphatic carbocycles. The molecule has 2 aromatic heterocycles. The third-order valence-electron chi connectivity index (χ3n) is 4.66. The number of aryl methyl sites for hydroxylation is 2. The number of fused-ring (bicyclic) bond motifs is 1. The van der Waals surface area contributed by atoms with E-state index in [4.69, 9.17) is 0 Å². The average Bonchev–Trinajstić information content (AvgIpc) is 3.05. The van der Waals surface area contributed by atoms with Crippen molar-refractivity contribution in [2.45, 2.75) is 20.3 Å².